The molecule has 194 valence electrons. The molecule has 0 saturated heterocycles. The van der Waals surface area contributed by atoms with Crippen molar-refractivity contribution in [2.75, 3.05) is 6.61 Å². The van der Waals surface area contributed by atoms with E-state index in [1.54, 1.807) is 0 Å². The van der Waals surface area contributed by atoms with Crippen molar-refractivity contribution in [1.29, 1.82) is 0 Å². The second kappa shape index (κ2) is 9.85. The average molecular weight is 499 g/mol. The number of fused-ring (bicyclic) bond motifs is 3. The van der Waals surface area contributed by atoms with Gasteiger partial charge >= 0.3 is 5.97 Å². The molecule has 0 fully saturated rings. The summed E-state index contributed by atoms with van der Waals surface area (Å²) in [5.41, 5.74) is 6.21. The van der Waals surface area contributed by atoms with Crippen molar-refractivity contribution in [2.24, 2.45) is 5.41 Å². The average Bonchev–Trinajstić information content (AvgIpc) is 3.15. The maximum Gasteiger partial charge on any atom is 0.336 e. The summed E-state index contributed by atoms with van der Waals surface area (Å²) in [6.45, 7) is 11.5. The van der Waals surface area contributed by atoms with Crippen LogP contribution in [0.25, 0.3) is 21.8 Å². The van der Waals surface area contributed by atoms with Crippen LogP contribution in [0.5, 0.6) is 0 Å². The van der Waals surface area contributed by atoms with Crippen LogP contribution in [0.1, 0.15) is 78.2 Å². The van der Waals surface area contributed by atoms with Crippen LogP contribution < -0.4 is 5.32 Å². The summed E-state index contributed by atoms with van der Waals surface area (Å²) < 4.78 is 7.92. The molecule has 1 aromatic heterocycles. The Hall–Kier alpha value is -3.34. The number of carbonyl (C=O) groups excluding carboxylic acids is 2. The molecule has 0 saturated carbocycles. The third-order valence-corrected chi connectivity index (χ3v) is 7.85. The number of allylic oxidation sites excluding steroid dienone is 3. The highest BCUT2D eigenvalue weighted by molar-refractivity contribution is 6.09. The number of esters is 1. The van der Waals surface area contributed by atoms with Gasteiger partial charge in [-0.1, -0.05) is 63.9 Å². The minimum Gasteiger partial charge on any atom is -0.463 e. The Morgan fingerprint density at radius 1 is 1.05 bits per heavy atom. The van der Waals surface area contributed by atoms with Crippen LogP contribution >= 0.6 is 0 Å². The number of nitrogens with one attached hydrogen (secondary N) is 1. The molecule has 37 heavy (non-hydrogen) atoms. The van der Waals surface area contributed by atoms with Gasteiger partial charge in [-0.15, -0.1) is 0 Å². The Morgan fingerprint density at radius 2 is 1.81 bits per heavy atom. The highest BCUT2D eigenvalue weighted by atomic mass is 16.5. The van der Waals surface area contributed by atoms with Gasteiger partial charge in [0.1, 0.15) is 0 Å². The Kier molecular flexibility index (Phi) is 6.74. The predicted molar refractivity (Wildman–Crippen MR) is 149 cm³/mol. The number of dihydropyridines is 1. The molecule has 5 nitrogen and oxygen atoms in total. The molecule has 1 aliphatic carbocycles. The van der Waals surface area contributed by atoms with Crippen molar-refractivity contribution in [3.63, 3.8) is 0 Å². The Labute approximate surface area is 219 Å². The third-order valence-electron chi connectivity index (χ3n) is 7.85. The third kappa shape index (κ3) is 4.49. The standard InChI is InChI=1S/C32H38N2O3/c1-6-8-11-16-34-25-13-10-9-12-22(25)23-15-14-21(17-26(23)34)29-28(31(36)37-7-2)20(3)33-24-18-32(4,5)19-27(35)30(24)29/h9-10,12-15,17,29,33H,6-8,11,16,18-19H2,1-5H3. The van der Waals surface area contributed by atoms with E-state index >= 15 is 0 Å². The van der Waals surface area contributed by atoms with E-state index in [0.717, 1.165) is 47.4 Å². The fraction of sp³-hybridized carbons (Fsp3) is 0.438. The maximum absolute atomic E-state index is 13.6. The number of aromatic nitrogens is 1. The van der Waals surface area contributed by atoms with Gasteiger partial charge in [0.2, 0.25) is 0 Å². The number of rotatable bonds is 7. The van der Waals surface area contributed by atoms with Gasteiger partial charge in [-0.3, -0.25) is 4.79 Å². The summed E-state index contributed by atoms with van der Waals surface area (Å²) >= 11 is 0. The molecule has 1 atom stereocenters. The van der Waals surface area contributed by atoms with Gasteiger partial charge in [0.15, 0.2) is 5.78 Å². The molecule has 1 aliphatic heterocycles. The molecule has 2 aromatic carbocycles. The first-order valence-corrected chi connectivity index (χ1v) is 13.7. The van der Waals surface area contributed by atoms with E-state index < -0.39 is 5.92 Å². The van der Waals surface area contributed by atoms with Gasteiger partial charge in [0, 0.05) is 57.7 Å². The van der Waals surface area contributed by atoms with Crippen molar-refractivity contribution < 1.29 is 14.3 Å². The first-order chi connectivity index (χ1) is 17.8. The highest BCUT2D eigenvalue weighted by Gasteiger charge is 2.43. The second-order valence-corrected chi connectivity index (χ2v) is 11.3. The van der Waals surface area contributed by atoms with Gasteiger partial charge in [-0.25, -0.2) is 4.79 Å². The Bertz CT molecular complexity index is 1450. The monoisotopic (exact) mass is 498 g/mol. The number of para-hydroxylation sites is 1. The van der Waals surface area contributed by atoms with E-state index in [-0.39, 0.29) is 17.2 Å². The minimum atomic E-state index is -0.439. The molecular formula is C32H38N2O3. The van der Waals surface area contributed by atoms with Crippen LogP contribution in [0.3, 0.4) is 0 Å². The molecule has 2 aliphatic rings. The SMILES string of the molecule is CCCCCn1c2ccccc2c2ccc(C3C(C(=O)OCC)=C(C)NC4=C3C(=O)CC(C)(C)C4)cc21. The predicted octanol–water partition coefficient (Wildman–Crippen LogP) is 7.15. The number of ether oxygens (including phenoxy) is 1. The molecule has 1 N–H and O–H groups in total. The summed E-state index contributed by atoms with van der Waals surface area (Å²) in [6, 6.07) is 15.0. The summed E-state index contributed by atoms with van der Waals surface area (Å²) in [4.78, 5) is 26.9. The number of ketones is 1. The highest BCUT2D eigenvalue weighted by Crippen LogP contribution is 2.47. The zero-order valence-corrected chi connectivity index (χ0v) is 22.7. The number of aryl methyl sites for hydroxylation is 1. The first kappa shape index (κ1) is 25.3. The molecule has 2 heterocycles. The van der Waals surface area contributed by atoms with Crippen LogP contribution in [0, 0.1) is 5.41 Å². The molecule has 0 spiro atoms. The number of unbranched alkanes of at least 4 members (excludes halogenated alkanes) is 2. The lowest BCUT2D eigenvalue weighted by Gasteiger charge is -2.39. The number of carbonyl (C=O) groups is 2. The van der Waals surface area contributed by atoms with Gasteiger partial charge in [-0.05, 0) is 49.8 Å². The van der Waals surface area contributed by atoms with Gasteiger partial charge in [-0.2, -0.15) is 0 Å². The number of hydrogen-bond donors (Lipinski definition) is 1. The van der Waals surface area contributed by atoms with Crippen molar-refractivity contribution in [1.82, 2.24) is 9.88 Å². The summed E-state index contributed by atoms with van der Waals surface area (Å²) in [5, 5.41) is 5.87. The van der Waals surface area contributed by atoms with E-state index in [1.165, 1.54) is 29.1 Å². The molecule has 0 bridgehead atoms. The molecule has 0 radical (unpaired) electrons. The number of nitrogens with zero attached hydrogens (tertiary/aromatic N) is 1. The van der Waals surface area contributed by atoms with Crippen molar-refractivity contribution in [3.8, 4) is 0 Å². The van der Waals surface area contributed by atoms with E-state index in [4.69, 9.17) is 4.74 Å². The Morgan fingerprint density at radius 3 is 2.57 bits per heavy atom. The molecule has 1 unspecified atom stereocenters. The fourth-order valence-corrected chi connectivity index (χ4v) is 6.26. The zero-order valence-electron chi connectivity index (χ0n) is 22.7. The largest absolute Gasteiger partial charge is 0.463 e. The summed E-state index contributed by atoms with van der Waals surface area (Å²) in [5.74, 6) is -0.683. The second-order valence-electron chi connectivity index (χ2n) is 11.3. The quantitative estimate of drug-likeness (QED) is 0.277. The number of benzene rings is 2. The number of hydrogen-bond acceptors (Lipinski definition) is 4. The maximum atomic E-state index is 13.6. The van der Waals surface area contributed by atoms with Crippen LogP contribution in [0.15, 0.2) is 65.0 Å². The number of Topliss-reactive ketones (excluding diaryl/α,β-unsaturated/α-hetero) is 1. The lowest BCUT2D eigenvalue weighted by atomic mass is 9.68. The zero-order chi connectivity index (χ0) is 26.3. The Balaban J connectivity index is 1.72. The lowest BCUT2D eigenvalue weighted by Crippen LogP contribution is -2.38. The summed E-state index contributed by atoms with van der Waals surface area (Å²) in [7, 11) is 0. The molecule has 3 aromatic rings. The summed E-state index contributed by atoms with van der Waals surface area (Å²) in [6.07, 6.45) is 4.70. The van der Waals surface area contributed by atoms with Gasteiger partial charge in [0.05, 0.1) is 12.2 Å². The smallest absolute Gasteiger partial charge is 0.336 e. The van der Waals surface area contributed by atoms with Crippen LogP contribution in [-0.2, 0) is 20.9 Å². The fourth-order valence-electron chi connectivity index (χ4n) is 6.26. The molecule has 5 rings (SSSR count). The molecule has 0 amide bonds. The topological polar surface area (TPSA) is 60.3 Å². The van der Waals surface area contributed by atoms with E-state index in [2.05, 4.69) is 73.1 Å². The van der Waals surface area contributed by atoms with Crippen molar-refractivity contribution >= 4 is 33.6 Å². The van der Waals surface area contributed by atoms with Crippen molar-refractivity contribution in [3.05, 3.63) is 70.6 Å². The van der Waals surface area contributed by atoms with E-state index in [9.17, 15) is 9.59 Å². The molecular weight excluding hydrogens is 460 g/mol. The minimum absolute atomic E-state index is 0.113. The van der Waals surface area contributed by atoms with Crippen LogP contribution in [0.4, 0.5) is 0 Å². The van der Waals surface area contributed by atoms with Crippen LogP contribution in [-0.4, -0.2) is 22.9 Å². The normalized spacial score (nSPS) is 19.4. The first-order valence-electron chi connectivity index (χ1n) is 13.7. The van der Waals surface area contributed by atoms with Crippen LogP contribution in [0.2, 0.25) is 0 Å². The van der Waals surface area contributed by atoms with E-state index in [1.807, 2.05) is 13.8 Å². The van der Waals surface area contributed by atoms with E-state index in [0.29, 0.717) is 18.6 Å². The van der Waals surface area contributed by atoms with Crippen molar-refractivity contribution in [2.45, 2.75) is 79.2 Å². The lowest BCUT2D eigenvalue weighted by molar-refractivity contribution is -0.138. The van der Waals surface area contributed by atoms with Gasteiger partial charge in [0.25, 0.3) is 0 Å². The van der Waals surface area contributed by atoms with Gasteiger partial charge < -0.3 is 14.6 Å². The molecule has 5 heteroatoms.